The van der Waals surface area contributed by atoms with Gasteiger partial charge in [-0.15, -0.1) is 0 Å². The third kappa shape index (κ3) is 3.65. The first kappa shape index (κ1) is 20.9. The molecule has 0 saturated carbocycles. The van der Waals surface area contributed by atoms with Crippen molar-refractivity contribution in [1.29, 1.82) is 0 Å². The van der Waals surface area contributed by atoms with Crippen LogP contribution in [0.25, 0.3) is 0 Å². The minimum absolute atomic E-state index is 0.0318. The number of hydrogen-bond donors (Lipinski definition) is 1. The molecular formula is C24H27N3O4. The van der Waals surface area contributed by atoms with Gasteiger partial charge in [-0.2, -0.15) is 0 Å². The van der Waals surface area contributed by atoms with E-state index in [9.17, 15) is 14.4 Å². The molecule has 7 heteroatoms. The summed E-state index contributed by atoms with van der Waals surface area (Å²) >= 11 is 0. The van der Waals surface area contributed by atoms with E-state index in [1.54, 1.807) is 23.1 Å². The largest absolute Gasteiger partial charge is 0.494 e. The molecule has 0 aromatic heterocycles. The Balaban J connectivity index is 1.52. The van der Waals surface area contributed by atoms with Crippen molar-refractivity contribution in [2.45, 2.75) is 45.3 Å². The standard InChI is InChI=1S/C24H27N3O4/c1-4-31-18-11-9-17(10-12-18)16(2)25-21(28)15-26-23(30)19-7-5-6-8-20(19)27-22(29)13-14-24(26,27)3/h5-12,16H,4,13-15H2,1-3H3,(H,25,28). The molecule has 2 aromatic rings. The predicted molar refractivity (Wildman–Crippen MR) is 117 cm³/mol. The van der Waals surface area contributed by atoms with Crippen LogP contribution in [0.3, 0.4) is 0 Å². The highest BCUT2D eigenvalue weighted by atomic mass is 16.5. The Morgan fingerprint density at radius 1 is 1.16 bits per heavy atom. The number of fused-ring (bicyclic) bond motifs is 3. The molecule has 2 atom stereocenters. The van der Waals surface area contributed by atoms with Crippen LogP contribution in [-0.2, 0) is 9.59 Å². The van der Waals surface area contributed by atoms with Crippen LogP contribution < -0.4 is 15.0 Å². The molecule has 2 aliphatic rings. The Labute approximate surface area is 182 Å². The smallest absolute Gasteiger partial charge is 0.258 e. The number of rotatable bonds is 6. The van der Waals surface area contributed by atoms with Crippen LogP contribution >= 0.6 is 0 Å². The number of benzene rings is 2. The van der Waals surface area contributed by atoms with E-state index in [2.05, 4.69) is 5.32 Å². The van der Waals surface area contributed by atoms with Gasteiger partial charge in [-0.25, -0.2) is 0 Å². The molecule has 1 saturated heterocycles. The first-order valence-electron chi connectivity index (χ1n) is 10.6. The Bertz CT molecular complexity index is 1020. The molecule has 4 rings (SSSR count). The zero-order chi connectivity index (χ0) is 22.2. The van der Waals surface area contributed by atoms with Gasteiger partial charge in [-0.3, -0.25) is 19.3 Å². The second-order valence-corrected chi connectivity index (χ2v) is 8.15. The van der Waals surface area contributed by atoms with Crippen LogP contribution in [0, 0.1) is 0 Å². The average Bonchev–Trinajstić information content (AvgIpc) is 3.07. The maximum absolute atomic E-state index is 13.3. The van der Waals surface area contributed by atoms with Gasteiger partial charge in [-0.05, 0) is 57.0 Å². The van der Waals surface area contributed by atoms with Crippen molar-refractivity contribution in [1.82, 2.24) is 10.2 Å². The fourth-order valence-electron chi connectivity index (χ4n) is 4.47. The van der Waals surface area contributed by atoms with E-state index in [4.69, 9.17) is 4.74 Å². The van der Waals surface area contributed by atoms with Gasteiger partial charge in [0.05, 0.1) is 23.9 Å². The van der Waals surface area contributed by atoms with Crippen molar-refractivity contribution < 1.29 is 19.1 Å². The van der Waals surface area contributed by atoms with E-state index in [-0.39, 0.29) is 30.3 Å². The molecule has 0 radical (unpaired) electrons. The number of amides is 3. The number of ether oxygens (including phenoxy) is 1. The summed E-state index contributed by atoms with van der Waals surface area (Å²) in [6.45, 7) is 6.16. The van der Waals surface area contributed by atoms with Crippen molar-refractivity contribution in [2.75, 3.05) is 18.1 Å². The summed E-state index contributed by atoms with van der Waals surface area (Å²) in [6, 6.07) is 14.4. The van der Waals surface area contributed by atoms with Crippen LogP contribution in [-0.4, -0.2) is 41.4 Å². The van der Waals surface area contributed by atoms with Gasteiger partial charge in [0.15, 0.2) is 0 Å². The summed E-state index contributed by atoms with van der Waals surface area (Å²) in [5.41, 5.74) is 1.16. The number of hydrogen-bond acceptors (Lipinski definition) is 4. The zero-order valence-corrected chi connectivity index (χ0v) is 18.1. The second-order valence-electron chi connectivity index (χ2n) is 8.15. The van der Waals surface area contributed by atoms with Crippen LogP contribution in [0.2, 0.25) is 0 Å². The highest BCUT2D eigenvalue weighted by Gasteiger charge is 2.53. The fraction of sp³-hybridized carbons (Fsp3) is 0.375. The van der Waals surface area contributed by atoms with Gasteiger partial charge in [0.1, 0.15) is 18.0 Å². The number of anilines is 1. The third-order valence-corrected chi connectivity index (χ3v) is 6.12. The molecule has 162 valence electrons. The zero-order valence-electron chi connectivity index (χ0n) is 18.1. The lowest BCUT2D eigenvalue weighted by Gasteiger charge is -2.48. The number of nitrogens with zero attached hydrogens (tertiary/aromatic N) is 2. The van der Waals surface area contributed by atoms with E-state index < -0.39 is 5.66 Å². The molecule has 0 aliphatic carbocycles. The van der Waals surface area contributed by atoms with Crippen molar-refractivity contribution >= 4 is 23.4 Å². The van der Waals surface area contributed by atoms with Gasteiger partial charge < -0.3 is 15.0 Å². The number of carbonyl (C=O) groups is 3. The molecule has 2 aliphatic heterocycles. The van der Waals surface area contributed by atoms with Crippen molar-refractivity contribution in [3.63, 3.8) is 0 Å². The quantitative estimate of drug-likeness (QED) is 0.777. The molecule has 1 N–H and O–H groups in total. The average molecular weight is 421 g/mol. The van der Waals surface area contributed by atoms with Crippen LogP contribution in [0.5, 0.6) is 5.75 Å². The topological polar surface area (TPSA) is 79.0 Å². The normalized spacial score (nSPS) is 20.9. The lowest BCUT2D eigenvalue weighted by molar-refractivity contribution is -0.124. The molecule has 2 heterocycles. The minimum atomic E-state index is -0.845. The van der Waals surface area contributed by atoms with Crippen molar-refractivity contribution in [3.8, 4) is 5.75 Å². The van der Waals surface area contributed by atoms with Crippen LogP contribution in [0.4, 0.5) is 5.69 Å². The van der Waals surface area contributed by atoms with Crippen molar-refractivity contribution in [3.05, 3.63) is 59.7 Å². The summed E-state index contributed by atoms with van der Waals surface area (Å²) in [5, 5.41) is 2.97. The number of para-hydroxylation sites is 1. The first-order valence-corrected chi connectivity index (χ1v) is 10.6. The Morgan fingerprint density at radius 3 is 2.58 bits per heavy atom. The number of nitrogens with one attached hydrogen (secondary N) is 1. The number of carbonyl (C=O) groups excluding carboxylic acids is 3. The lowest BCUT2D eigenvalue weighted by Crippen LogP contribution is -2.63. The summed E-state index contributed by atoms with van der Waals surface area (Å²) in [6.07, 6.45) is 0.840. The molecule has 0 bridgehead atoms. The van der Waals surface area contributed by atoms with Gasteiger partial charge in [-0.1, -0.05) is 24.3 Å². The molecule has 2 unspecified atom stereocenters. The van der Waals surface area contributed by atoms with Gasteiger partial charge in [0, 0.05) is 6.42 Å². The molecule has 1 fully saturated rings. The highest BCUT2D eigenvalue weighted by Crippen LogP contribution is 2.43. The van der Waals surface area contributed by atoms with E-state index in [1.807, 2.05) is 51.1 Å². The monoisotopic (exact) mass is 421 g/mol. The van der Waals surface area contributed by atoms with Crippen molar-refractivity contribution in [2.24, 2.45) is 0 Å². The Morgan fingerprint density at radius 2 is 1.87 bits per heavy atom. The van der Waals surface area contributed by atoms with Gasteiger partial charge in [0.25, 0.3) is 5.91 Å². The van der Waals surface area contributed by atoms with E-state index in [0.29, 0.717) is 30.7 Å². The molecular weight excluding hydrogens is 394 g/mol. The predicted octanol–water partition coefficient (Wildman–Crippen LogP) is 3.26. The molecule has 0 spiro atoms. The fourth-order valence-corrected chi connectivity index (χ4v) is 4.47. The maximum atomic E-state index is 13.3. The maximum Gasteiger partial charge on any atom is 0.258 e. The summed E-state index contributed by atoms with van der Waals surface area (Å²) < 4.78 is 5.46. The molecule has 31 heavy (non-hydrogen) atoms. The first-order chi connectivity index (χ1) is 14.8. The van der Waals surface area contributed by atoms with E-state index >= 15 is 0 Å². The Kier molecular flexibility index (Phi) is 5.43. The summed E-state index contributed by atoms with van der Waals surface area (Å²) in [7, 11) is 0. The Hall–Kier alpha value is -3.35. The highest BCUT2D eigenvalue weighted by molar-refractivity contribution is 6.11. The van der Waals surface area contributed by atoms with Gasteiger partial charge in [0.2, 0.25) is 11.8 Å². The summed E-state index contributed by atoms with van der Waals surface area (Å²) in [5.74, 6) is 0.249. The molecule has 7 nitrogen and oxygen atoms in total. The third-order valence-electron chi connectivity index (χ3n) is 6.12. The van der Waals surface area contributed by atoms with Crippen LogP contribution in [0.15, 0.2) is 48.5 Å². The summed E-state index contributed by atoms with van der Waals surface area (Å²) in [4.78, 5) is 42.0. The second kappa shape index (κ2) is 8.06. The van der Waals surface area contributed by atoms with E-state index in [1.165, 1.54) is 4.90 Å². The lowest BCUT2D eigenvalue weighted by atomic mass is 9.98. The SMILES string of the molecule is CCOc1ccc(C(C)NC(=O)CN2C(=O)c3ccccc3N3C(=O)CCC23C)cc1. The minimum Gasteiger partial charge on any atom is -0.494 e. The van der Waals surface area contributed by atoms with Crippen LogP contribution in [0.1, 0.15) is 55.6 Å². The molecule has 2 aromatic carbocycles. The van der Waals surface area contributed by atoms with E-state index in [0.717, 1.165) is 11.3 Å². The molecule has 3 amide bonds. The van der Waals surface area contributed by atoms with Gasteiger partial charge >= 0.3 is 0 Å².